The minimum absolute atomic E-state index is 0.549. The standard InChI is InChI=1S/C22H19N3OS/c1-14-5-6-16(10-15(14)2)11-19(27)13-18-12-17(7-9-23-18)22-25-21-20(26-22)4-3-8-24-21/h3-10,12H,11,13H2,1-2H3. The molecule has 0 amide bonds. The van der Waals surface area contributed by atoms with E-state index in [9.17, 15) is 0 Å². The Balaban J connectivity index is 1.51. The minimum Gasteiger partial charge on any atom is -0.434 e. The number of nitrogens with zero attached hydrogens (tertiary/aromatic N) is 3. The number of oxazole rings is 1. The van der Waals surface area contributed by atoms with Crippen molar-refractivity contribution >= 4 is 28.3 Å². The molecule has 0 atom stereocenters. The number of rotatable bonds is 5. The van der Waals surface area contributed by atoms with Crippen molar-refractivity contribution < 1.29 is 4.42 Å². The van der Waals surface area contributed by atoms with Gasteiger partial charge in [-0.05, 0) is 54.8 Å². The van der Waals surface area contributed by atoms with Gasteiger partial charge in [0, 0.05) is 41.4 Å². The van der Waals surface area contributed by atoms with Crippen molar-refractivity contribution in [3.05, 3.63) is 77.2 Å². The van der Waals surface area contributed by atoms with Crippen LogP contribution in [-0.4, -0.2) is 19.8 Å². The predicted molar refractivity (Wildman–Crippen MR) is 111 cm³/mol. The van der Waals surface area contributed by atoms with Crippen LogP contribution in [0.5, 0.6) is 0 Å². The Morgan fingerprint density at radius 2 is 1.85 bits per heavy atom. The van der Waals surface area contributed by atoms with Crippen LogP contribution in [0.25, 0.3) is 22.7 Å². The maximum absolute atomic E-state index is 5.80. The first-order valence-corrected chi connectivity index (χ1v) is 9.24. The monoisotopic (exact) mass is 373 g/mol. The van der Waals surface area contributed by atoms with E-state index in [1.807, 2.05) is 24.3 Å². The molecule has 5 heteroatoms. The van der Waals surface area contributed by atoms with Gasteiger partial charge in [0.1, 0.15) is 0 Å². The number of pyridine rings is 2. The maximum Gasteiger partial charge on any atom is 0.229 e. The second kappa shape index (κ2) is 7.37. The van der Waals surface area contributed by atoms with E-state index in [2.05, 4.69) is 47.0 Å². The van der Waals surface area contributed by atoms with E-state index >= 15 is 0 Å². The van der Waals surface area contributed by atoms with E-state index in [0.29, 0.717) is 23.5 Å². The maximum atomic E-state index is 5.80. The summed E-state index contributed by atoms with van der Waals surface area (Å²) in [5.74, 6) is 0.549. The fourth-order valence-corrected chi connectivity index (χ4v) is 3.32. The lowest BCUT2D eigenvalue weighted by Gasteiger charge is -2.07. The van der Waals surface area contributed by atoms with Gasteiger partial charge in [-0.2, -0.15) is 4.98 Å². The van der Waals surface area contributed by atoms with Crippen LogP contribution in [0.15, 0.2) is 59.3 Å². The summed E-state index contributed by atoms with van der Waals surface area (Å²) < 4.78 is 5.80. The normalized spacial score (nSPS) is 11.0. The second-order valence-corrected chi connectivity index (χ2v) is 7.27. The van der Waals surface area contributed by atoms with E-state index in [1.165, 1.54) is 16.7 Å². The third kappa shape index (κ3) is 3.93. The van der Waals surface area contributed by atoms with Crippen LogP contribution in [0.2, 0.25) is 0 Å². The predicted octanol–water partition coefficient (Wildman–Crippen LogP) is 5.06. The summed E-state index contributed by atoms with van der Waals surface area (Å²) in [7, 11) is 0. The molecular formula is C22H19N3OS. The van der Waals surface area contributed by atoms with Crippen molar-refractivity contribution in [3.8, 4) is 11.5 Å². The molecule has 4 rings (SSSR count). The number of benzene rings is 1. The van der Waals surface area contributed by atoms with Gasteiger partial charge in [0.15, 0.2) is 11.2 Å². The van der Waals surface area contributed by atoms with E-state index < -0.39 is 0 Å². The van der Waals surface area contributed by atoms with Crippen LogP contribution in [0.1, 0.15) is 22.4 Å². The van der Waals surface area contributed by atoms with E-state index in [0.717, 1.165) is 22.5 Å². The average molecular weight is 373 g/mol. The Morgan fingerprint density at radius 1 is 0.963 bits per heavy atom. The van der Waals surface area contributed by atoms with Gasteiger partial charge in [-0.15, -0.1) is 0 Å². The van der Waals surface area contributed by atoms with Gasteiger partial charge in [0.2, 0.25) is 5.89 Å². The largest absolute Gasteiger partial charge is 0.434 e. The molecule has 0 fully saturated rings. The van der Waals surface area contributed by atoms with Crippen molar-refractivity contribution in [1.82, 2.24) is 15.0 Å². The first-order chi connectivity index (χ1) is 13.1. The molecule has 3 heterocycles. The first kappa shape index (κ1) is 17.5. The lowest BCUT2D eigenvalue weighted by atomic mass is 10.0. The second-order valence-electron chi connectivity index (χ2n) is 6.69. The molecule has 0 unspecified atom stereocenters. The molecule has 134 valence electrons. The third-order valence-corrected chi connectivity index (χ3v) is 4.87. The summed E-state index contributed by atoms with van der Waals surface area (Å²) >= 11 is 5.62. The summed E-state index contributed by atoms with van der Waals surface area (Å²) in [6, 6.07) is 14.1. The van der Waals surface area contributed by atoms with Crippen LogP contribution < -0.4 is 0 Å². The molecule has 0 saturated heterocycles. The molecule has 0 spiro atoms. The zero-order chi connectivity index (χ0) is 18.8. The van der Waals surface area contributed by atoms with Crippen molar-refractivity contribution in [2.75, 3.05) is 0 Å². The zero-order valence-electron chi connectivity index (χ0n) is 15.3. The van der Waals surface area contributed by atoms with Crippen LogP contribution >= 0.6 is 12.2 Å². The van der Waals surface area contributed by atoms with E-state index in [4.69, 9.17) is 16.6 Å². The highest BCUT2D eigenvalue weighted by Crippen LogP contribution is 2.23. The number of hydrogen-bond donors (Lipinski definition) is 0. The van der Waals surface area contributed by atoms with Crippen LogP contribution in [-0.2, 0) is 12.8 Å². The molecule has 0 radical (unpaired) electrons. The number of aromatic nitrogens is 3. The zero-order valence-corrected chi connectivity index (χ0v) is 16.1. The molecule has 0 aliphatic rings. The number of aryl methyl sites for hydroxylation is 2. The Morgan fingerprint density at radius 3 is 2.67 bits per heavy atom. The lowest BCUT2D eigenvalue weighted by molar-refractivity contribution is 0.619. The molecule has 0 saturated carbocycles. The van der Waals surface area contributed by atoms with Gasteiger partial charge < -0.3 is 4.42 Å². The van der Waals surface area contributed by atoms with Crippen LogP contribution in [0.4, 0.5) is 0 Å². The van der Waals surface area contributed by atoms with Crippen molar-refractivity contribution in [2.24, 2.45) is 0 Å². The van der Waals surface area contributed by atoms with Crippen LogP contribution in [0.3, 0.4) is 0 Å². The third-order valence-electron chi connectivity index (χ3n) is 4.58. The van der Waals surface area contributed by atoms with Crippen molar-refractivity contribution in [3.63, 3.8) is 0 Å². The van der Waals surface area contributed by atoms with Gasteiger partial charge in [0.25, 0.3) is 0 Å². The van der Waals surface area contributed by atoms with Gasteiger partial charge in [0.05, 0.1) is 0 Å². The summed E-state index contributed by atoms with van der Waals surface area (Å²) in [5, 5.41) is 0. The van der Waals surface area contributed by atoms with Gasteiger partial charge in [-0.1, -0.05) is 30.4 Å². The smallest absolute Gasteiger partial charge is 0.229 e. The highest BCUT2D eigenvalue weighted by Gasteiger charge is 2.11. The van der Waals surface area contributed by atoms with Crippen LogP contribution in [0, 0.1) is 13.8 Å². The Kier molecular flexibility index (Phi) is 4.77. The molecule has 4 aromatic rings. The fourth-order valence-electron chi connectivity index (χ4n) is 3.01. The molecule has 0 N–H and O–H groups in total. The molecule has 0 bridgehead atoms. The number of thiocarbonyl (C=S) groups is 1. The summed E-state index contributed by atoms with van der Waals surface area (Å²) in [6.07, 6.45) is 4.90. The Hall–Kier alpha value is -2.92. The SMILES string of the molecule is Cc1ccc(CC(=S)Cc2cc(-c3nc4ncccc4o3)ccn2)cc1C. The van der Waals surface area contributed by atoms with Crippen molar-refractivity contribution in [1.29, 1.82) is 0 Å². The Bertz CT molecular complexity index is 1100. The van der Waals surface area contributed by atoms with Gasteiger partial charge in [-0.25, -0.2) is 4.98 Å². The molecule has 3 aromatic heterocycles. The molecule has 27 heavy (non-hydrogen) atoms. The molecular weight excluding hydrogens is 354 g/mol. The highest BCUT2D eigenvalue weighted by atomic mass is 32.1. The first-order valence-electron chi connectivity index (χ1n) is 8.83. The van der Waals surface area contributed by atoms with E-state index in [1.54, 1.807) is 12.4 Å². The van der Waals surface area contributed by atoms with Crippen molar-refractivity contribution in [2.45, 2.75) is 26.7 Å². The summed E-state index contributed by atoms with van der Waals surface area (Å²) in [5.41, 5.74) is 6.91. The highest BCUT2D eigenvalue weighted by molar-refractivity contribution is 7.80. The average Bonchev–Trinajstić information content (AvgIpc) is 3.09. The fraction of sp³-hybridized carbons (Fsp3) is 0.182. The van der Waals surface area contributed by atoms with Gasteiger partial charge in [-0.3, -0.25) is 4.98 Å². The van der Waals surface area contributed by atoms with Gasteiger partial charge >= 0.3 is 0 Å². The summed E-state index contributed by atoms with van der Waals surface area (Å²) in [4.78, 5) is 14.1. The molecule has 0 aliphatic carbocycles. The molecule has 1 aromatic carbocycles. The topological polar surface area (TPSA) is 51.8 Å². The number of hydrogen-bond acceptors (Lipinski definition) is 5. The van der Waals surface area contributed by atoms with E-state index in [-0.39, 0.29) is 0 Å². The lowest BCUT2D eigenvalue weighted by Crippen LogP contribution is -2.06. The number of fused-ring (bicyclic) bond motifs is 1. The Labute approximate surface area is 163 Å². The molecule has 4 nitrogen and oxygen atoms in total. The minimum atomic E-state index is 0.549. The molecule has 0 aliphatic heterocycles. The summed E-state index contributed by atoms with van der Waals surface area (Å²) in [6.45, 7) is 4.25. The quantitative estimate of drug-likeness (QED) is 0.458.